The van der Waals surface area contributed by atoms with E-state index >= 15 is 0 Å². The van der Waals surface area contributed by atoms with E-state index in [1.807, 2.05) is 25.8 Å². The first-order valence-electron chi connectivity index (χ1n) is 6.10. The summed E-state index contributed by atoms with van der Waals surface area (Å²) in [4.78, 5) is 14.3. The molecule has 0 saturated carbocycles. The van der Waals surface area contributed by atoms with Crippen molar-refractivity contribution in [3.63, 3.8) is 0 Å². The van der Waals surface area contributed by atoms with E-state index in [4.69, 9.17) is 0 Å². The zero-order chi connectivity index (χ0) is 12.4. The topological polar surface area (TPSA) is 61.0 Å². The minimum Gasteiger partial charge on any atom is -0.339 e. The van der Waals surface area contributed by atoms with E-state index < -0.39 is 0 Å². The van der Waals surface area contributed by atoms with Gasteiger partial charge in [-0.1, -0.05) is 0 Å². The molecule has 1 saturated heterocycles. The molecule has 5 nitrogen and oxygen atoms in total. The van der Waals surface area contributed by atoms with Gasteiger partial charge in [0, 0.05) is 18.8 Å². The highest BCUT2D eigenvalue weighted by molar-refractivity contribution is 5.96. The SMILES string of the molecule is Cc1n[nH]c(C)c1C(=O)N(C)C1CCNCC1. The summed E-state index contributed by atoms with van der Waals surface area (Å²) in [5.74, 6) is 0.0839. The molecule has 0 aliphatic carbocycles. The number of hydrogen-bond acceptors (Lipinski definition) is 3. The average Bonchev–Trinajstić information content (AvgIpc) is 2.68. The van der Waals surface area contributed by atoms with Crippen LogP contribution in [0.15, 0.2) is 0 Å². The molecule has 1 aromatic heterocycles. The Bertz CT molecular complexity index is 387. The van der Waals surface area contributed by atoms with Crippen LogP contribution in [0.5, 0.6) is 0 Å². The summed E-state index contributed by atoms with van der Waals surface area (Å²) in [6.07, 6.45) is 2.05. The molecule has 0 bridgehead atoms. The van der Waals surface area contributed by atoms with Gasteiger partial charge in [-0.3, -0.25) is 9.89 Å². The number of rotatable bonds is 2. The number of aromatic amines is 1. The lowest BCUT2D eigenvalue weighted by Gasteiger charge is -2.31. The van der Waals surface area contributed by atoms with E-state index in [0.717, 1.165) is 42.9 Å². The molecule has 94 valence electrons. The first-order valence-corrected chi connectivity index (χ1v) is 6.10. The lowest BCUT2D eigenvalue weighted by molar-refractivity contribution is 0.0702. The van der Waals surface area contributed by atoms with Crippen LogP contribution in [0.4, 0.5) is 0 Å². The maximum absolute atomic E-state index is 12.4. The molecule has 0 radical (unpaired) electrons. The third kappa shape index (κ3) is 2.34. The van der Waals surface area contributed by atoms with E-state index in [1.54, 1.807) is 0 Å². The highest BCUT2D eigenvalue weighted by atomic mass is 16.2. The number of amides is 1. The summed E-state index contributed by atoms with van der Waals surface area (Å²) in [6, 6.07) is 0.345. The Balaban J connectivity index is 2.14. The van der Waals surface area contributed by atoms with Gasteiger partial charge in [0.05, 0.1) is 11.3 Å². The first-order chi connectivity index (χ1) is 8.11. The molecule has 1 aliphatic heterocycles. The molecule has 0 aromatic carbocycles. The van der Waals surface area contributed by atoms with Crippen molar-refractivity contribution < 1.29 is 4.79 Å². The third-order valence-corrected chi connectivity index (χ3v) is 3.52. The van der Waals surface area contributed by atoms with Gasteiger partial charge in [-0.05, 0) is 39.8 Å². The summed E-state index contributed by atoms with van der Waals surface area (Å²) in [5, 5.41) is 10.3. The highest BCUT2D eigenvalue weighted by Gasteiger charge is 2.25. The molecule has 1 amide bonds. The quantitative estimate of drug-likeness (QED) is 0.800. The van der Waals surface area contributed by atoms with Crippen LogP contribution in [0, 0.1) is 13.8 Å². The zero-order valence-electron chi connectivity index (χ0n) is 10.7. The molecule has 2 rings (SSSR count). The Kier molecular flexibility index (Phi) is 3.47. The number of aromatic nitrogens is 2. The van der Waals surface area contributed by atoms with Crippen molar-refractivity contribution in [1.29, 1.82) is 0 Å². The van der Waals surface area contributed by atoms with Crippen molar-refractivity contribution in [3.05, 3.63) is 17.0 Å². The molecule has 17 heavy (non-hydrogen) atoms. The standard InChI is InChI=1S/C12H20N4O/c1-8-11(9(2)15-14-8)12(17)16(3)10-4-6-13-7-5-10/h10,13H,4-7H2,1-3H3,(H,14,15). The largest absolute Gasteiger partial charge is 0.339 e. The Labute approximate surface area is 102 Å². The van der Waals surface area contributed by atoms with Gasteiger partial charge in [-0.25, -0.2) is 0 Å². The maximum atomic E-state index is 12.4. The number of piperidine rings is 1. The fourth-order valence-corrected chi connectivity index (χ4v) is 2.40. The number of carbonyl (C=O) groups excluding carboxylic acids is 1. The predicted molar refractivity (Wildman–Crippen MR) is 66.0 cm³/mol. The number of aryl methyl sites for hydroxylation is 2. The maximum Gasteiger partial charge on any atom is 0.257 e. The summed E-state index contributed by atoms with van der Waals surface area (Å²) in [6.45, 7) is 5.74. The second-order valence-corrected chi connectivity index (χ2v) is 4.71. The smallest absolute Gasteiger partial charge is 0.257 e. The van der Waals surface area contributed by atoms with Crippen LogP contribution in [-0.4, -0.2) is 47.2 Å². The van der Waals surface area contributed by atoms with Gasteiger partial charge in [0.2, 0.25) is 0 Å². The molecular formula is C12H20N4O. The van der Waals surface area contributed by atoms with Gasteiger partial charge in [0.1, 0.15) is 0 Å². The van der Waals surface area contributed by atoms with Crippen LogP contribution in [-0.2, 0) is 0 Å². The van der Waals surface area contributed by atoms with Gasteiger partial charge < -0.3 is 10.2 Å². The minimum atomic E-state index is 0.0839. The van der Waals surface area contributed by atoms with Crippen molar-refractivity contribution in [1.82, 2.24) is 20.4 Å². The van der Waals surface area contributed by atoms with Crippen LogP contribution >= 0.6 is 0 Å². The van der Waals surface area contributed by atoms with Crippen molar-refractivity contribution in [2.24, 2.45) is 0 Å². The Morgan fingerprint density at radius 3 is 2.53 bits per heavy atom. The molecular weight excluding hydrogens is 216 g/mol. The number of nitrogens with one attached hydrogen (secondary N) is 2. The van der Waals surface area contributed by atoms with Gasteiger partial charge >= 0.3 is 0 Å². The normalized spacial score (nSPS) is 17.1. The molecule has 1 aromatic rings. The fraction of sp³-hybridized carbons (Fsp3) is 0.667. The molecule has 2 N–H and O–H groups in total. The monoisotopic (exact) mass is 236 g/mol. The van der Waals surface area contributed by atoms with Crippen LogP contribution in [0.1, 0.15) is 34.6 Å². The lowest BCUT2D eigenvalue weighted by Crippen LogP contribution is -2.44. The van der Waals surface area contributed by atoms with Crippen LogP contribution in [0.3, 0.4) is 0 Å². The van der Waals surface area contributed by atoms with E-state index in [-0.39, 0.29) is 5.91 Å². The summed E-state index contributed by atoms with van der Waals surface area (Å²) in [5.41, 5.74) is 2.37. The summed E-state index contributed by atoms with van der Waals surface area (Å²) >= 11 is 0. The number of nitrogens with zero attached hydrogens (tertiary/aromatic N) is 2. The van der Waals surface area contributed by atoms with Crippen molar-refractivity contribution in [2.45, 2.75) is 32.7 Å². The van der Waals surface area contributed by atoms with E-state index in [9.17, 15) is 4.79 Å². The molecule has 0 atom stereocenters. The van der Waals surface area contributed by atoms with Crippen LogP contribution in [0.25, 0.3) is 0 Å². The Hall–Kier alpha value is -1.36. The van der Waals surface area contributed by atoms with Crippen molar-refractivity contribution >= 4 is 5.91 Å². The van der Waals surface area contributed by atoms with Gasteiger partial charge in [0.15, 0.2) is 0 Å². The molecule has 0 spiro atoms. The number of H-pyrrole nitrogens is 1. The molecule has 2 heterocycles. The minimum absolute atomic E-state index is 0.0839. The van der Waals surface area contributed by atoms with E-state index in [0.29, 0.717) is 6.04 Å². The van der Waals surface area contributed by atoms with E-state index in [2.05, 4.69) is 15.5 Å². The third-order valence-electron chi connectivity index (χ3n) is 3.52. The number of hydrogen-bond donors (Lipinski definition) is 2. The summed E-state index contributed by atoms with van der Waals surface area (Å²) < 4.78 is 0. The Morgan fingerprint density at radius 2 is 2.00 bits per heavy atom. The molecule has 0 unspecified atom stereocenters. The summed E-state index contributed by atoms with van der Waals surface area (Å²) in [7, 11) is 1.89. The van der Waals surface area contributed by atoms with Gasteiger partial charge in [-0.2, -0.15) is 5.10 Å². The fourth-order valence-electron chi connectivity index (χ4n) is 2.40. The second-order valence-electron chi connectivity index (χ2n) is 4.71. The molecule has 5 heteroatoms. The van der Waals surface area contributed by atoms with E-state index in [1.165, 1.54) is 0 Å². The lowest BCUT2D eigenvalue weighted by atomic mass is 10.0. The highest BCUT2D eigenvalue weighted by Crippen LogP contribution is 2.17. The predicted octanol–water partition coefficient (Wildman–Crippen LogP) is 0.851. The average molecular weight is 236 g/mol. The zero-order valence-corrected chi connectivity index (χ0v) is 10.7. The van der Waals surface area contributed by atoms with Crippen LogP contribution < -0.4 is 5.32 Å². The second kappa shape index (κ2) is 4.87. The Morgan fingerprint density at radius 1 is 1.35 bits per heavy atom. The number of carbonyl (C=O) groups is 1. The first kappa shape index (κ1) is 12.1. The van der Waals surface area contributed by atoms with Crippen molar-refractivity contribution in [3.8, 4) is 0 Å². The van der Waals surface area contributed by atoms with Crippen LogP contribution in [0.2, 0.25) is 0 Å². The molecule has 1 aliphatic rings. The van der Waals surface area contributed by atoms with Gasteiger partial charge in [0.25, 0.3) is 5.91 Å². The molecule has 1 fully saturated rings. The van der Waals surface area contributed by atoms with Crippen molar-refractivity contribution in [2.75, 3.05) is 20.1 Å². The van der Waals surface area contributed by atoms with Gasteiger partial charge in [-0.15, -0.1) is 0 Å².